The van der Waals surface area contributed by atoms with Gasteiger partial charge in [0.2, 0.25) is 0 Å². The zero-order valence-corrected chi connectivity index (χ0v) is 6.90. The molecule has 0 bridgehead atoms. The standard InChI is InChI=1S/C9H11FO/c1-5-4-6(2)8(10)9(11)7(5)3/h4,11H,1-3H3. The van der Waals surface area contributed by atoms with Gasteiger partial charge >= 0.3 is 0 Å². The Morgan fingerprint density at radius 1 is 1.18 bits per heavy atom. The third kappa shape index (κ3) is 1.20. The minimum Gasteiger partial charge on any atom is -0.505 e. The van der Waals surface area contributed by atoms with Gasteiger partial charge in [-0.25, -0.2) is 4.39 Å². The number of aromatic hydroxyl groups is 1. The fourth-order valence-electron chi connectivity index (χ4n) is 1.03. The summed E-state index contributed by atoms with van der Waals surface area (Å²) in [5.41, 5.74) is 2.03. The Balaban J connectivity index is 3.46. The molecule has 60 valence electrons. The fraction of sp³-hybridized carbons (Fsp3) is 0.333. The SMILES string of the molecule is Cc1cc(C)c(F)c(O)c1C. The normalized spacial score (nSPS) is 10.2. The molecule has 1 aromatic carbocycles. The van der Waals surface area contributed by atoms with Crippen LogP contribution in [0.15, 0.2) is 6.07 Å². The molecule has 0 unspecified atom stereocenters. The minimum absolute atomic E-state index is 0.220. The Morgan fingerprint density at radius 3 is 2.27 bits per heavy atom. The van der Waals surface area contributed by atoms with Crippen molar-refractivity contribution in [3.8, 4) is 5.75 Å². The van der Waals surface area contributed by atoms with Gasteiger partial charge < -0.3 is 5.11 Å². The first-order valence-corrected chi connectivity index (χ1v) is 3.49. The highest BCUT2D eigenvalue weighted by Crippen LogP contribution is 2.25. The number of benzene rings is 1. The van der Waals surface area contributed by atoms with Crippen LogP contribution in [0.4, 0.5) is 4.39 Å². The first-order chi connectivity index (χ1) is 5.04. The molecular weight excluding hydrogens is 143 g/mol. The number of rotatable bonds is 0. The Kier molecular flexibility index (Phi) is 1.85. The summed E-state index contributed by atoms with van der Waals surface area (Å²) >= 11 is 0. The van der Waals surface area contributed by atoms with E-state index in [0.717, 1.165) is 5.56 Å². The first kappa shape index (κ1) is 8.05. The lowest BCUT2D eigenvalue weighted by Gasteiger charge is -2.06. The van der Waals surface area contributed by atoms with Crippen LogP contribution in [-0.4, -0.2) is 5.11 Å². The van der Waals surface area contributed by atoms with E-state index in [2.05, 4.69) is 0 Å². The molecule has 0 heterocycles. The zero-order valence-electron chi connectivity index (χ0n) is 6.90. The summed E-state index contributed by atoms with van der Waals surface area (Å²) in [5, 5.41) is 9.19. The molecule has 0 spiro atoms. The van der Waals surface area contributed by atoms with Crippen molar-refractivity contribution < 1.29 is 9.50 Å². The van der Waals surface area contributed by atoms with Crippen LogP contribution < -0.4 is 0 Å². The molecule has 1 aromatic rings. The average Bonchev–Trinajstić information content (AvgIpc) is 1.97. The summed E-state index contributed by atoms with van der Waals surface area (Å²) in [6, 6.07) is 1.73. The summed E-state index contributed by atoms with van der Waals surface area (Å²) < 4.78 is 12.9. The van der Waals surface area contributed by atoms with Crippen molar-refractivity contribution in [2.45, 2.75) is 20.8 Å². The minimum atomic E-state index is -0.506. The van der Waals surface area contributed by atoms with Crippen molar-refractivity contribution >= 4 is 0 Å². The molecule has 0 aliphatic heterocycles. The van der Waals surface area contributed by atoms with Crippen LogP contribution in [0.1, 0.15) is 16.7 Å². The molecule has 0 atom stereocenters. The van der Waals surface area contributed by atoms with Gasteiger partial charge in [-0.15, -0.1) is 0 Å². The highest BCUT2D eigenvalue weighted by Gasteiger charge is 2.08. The molecule has 0 radical (unpaired) electrons. The Hall–Kier alpha value is -1.05. The molecule has 1 nitrogen and oxygen atoms in total. The van der Waals surface area contributed by atoms with E-state index in [1.54, 1.807) is 19.9 Å². The van der Waals surface area contributed by atoms with Crippen molar-refractivity contribution in [2.75, 3.05) is 0 Å². The van der Waals surface area contributed by atoms with Crippen molar-refractivity contribution in [3.63, 3.8) is 0 Å². The van der Waals surface area contributed by atoms with Gasteiger partial charge in [-0.2, -0.15) is 0 Å². The predicted octanol–water partition coefficient (Wildman–Crippen LogP) is 2.46. The quantitative estimate of drug-likeness (QED) is 0.608. The van der Waals surface area contributed by atoms with Gasteiger partial charge in [0.15, 0.2) is 11.6 Å². The van der Waals surface area contributed by atoms with E-state index >= 15 is 0 Å². The maximum absolute atomic E-state index is 12.9. The molecule has 11 heavy (non-hydrogen) atoms. The summed E-state index contributed by atoms with van der Waals surface area (Å²) in [6.45, 7) is 5.19. The maximum atomic E-state index is 12.9. The fourth-order valence-corrected chi connectivity index (χ4v) is 1.03. The monoisotopic (exact) mass is 154 g/mol. The number of phenolic OH excluding ortho intramolecular Hbond substituents is 1. The number of halogens is 1. The predicted molar refractivity (Wildman–Crippen MR) is 42.3 cm³/mol. The second kappa shape index (κ2) is 2.53. The number of hydrogen-bond donors (Lipinski definition) is 1. The lowest BCUT2D eigenvalue weighted by molar-refractivity contribution is 0.425. The van der Waals surface area contributed by atoms with Gasteiger partial charge in [0, 0.05) is 0 Å². The van der Waals surface area contributed by atoms with Crippen molar-refractivity contribution in [3.05, 3.63) is 28.6 Å². The van der Waals surface area contributed by atoms with Gasteiger partial charge in [0.1, 0.15) is 0 Å². The van der Waals surface area contributed by atoms with Crippen LogP contribution in [-0.2, 0) is 0 Å². The molecule has 0 aromatic heterocycles. The first-order valence-electron chi connectivity index (χ1n) is 3.49. The van der Waals surface area contributed by atoms with E-state index in [1.165, 1.54) is 0 Å². The second-order valence-electron chi connectivity index (χ2n) is 2.80. The smallest absolute Gasteiger partial charge is 0.167 e. The topological polar surface area (TPSA) is 20.2 Å². The lowest BCUT2D eigenvalue weighted by atomic mass is 10.1. The summed E-state index contributed by atoms with van der Waals surface area (Å²) in [7, 11) is 0. The molecular formula is C9H11FO. The Morgan fingerprint density at radius 2 is 1.73 bits per heavy atom. The van der Waals surface area contributed by atoms with Gasteiger partial charge in [-0.3, -0.25) is 0 Å². The van der Waals surface area contributed by atoms with Crippen LogP contribution in [0.3, 0.4) is 0 Å². The Labute approximate surface area is 65.5 Å². The third-order valence-electron chi connectivity index (χ3n) is 1.93. The average molecular weight is 154 g/mol. The molecule has 0 saturated carbocycles. The summed E-state index contributed by atoms with van der Waals surface area (Å²) in [6.07, 6.45) is 0. The molecule has 2 heteroatoms. The van der Waals surface area contributed by atoms with E-state index in [9.17, 15) is 9.50 Å². The molecule has 0 aliphatic carbocycles. The third-order valence-corrected chi connectivity index (χ3v) is 1.93. The van der Waals surface area contributed by atoms with Gasteiger partial charge in [0.25, 0.3) is 0 Å². The van der Waals surface area contributed by atoms with Gasteiger partial charge in [-0.1, -0.05) is 6.07 Å². The number of aryl methyl sites for hydroxylation is 2. The van der Waals surface area contributed by atoms with Crippen molar-refractivity contribution in [1.29, 1.82) is 0 Å². The molecule has 0 aliphatic rings. The van der Waals surface area contributed by atoms with Gasteiger partial charge in [-0.05, 0) is 37.5 Å². The largest absolute Gasteiger partial charge is 0.505 e. The van der Waals surface area contributed by atoms with E-state index in [-0.39, 0.29) is 5.75 Å². The highest BCUT2D eigenvalue weighted by molar-refractivity contribution is 5.42. The molecule has 1 N–H and O–H groups in total. The number of hydrogen-bond acceptors (Lipinski definition) is 1. The van der Waals surface area contributed by atoms with Crippen LogP contribution >= 0.6 is 0 Å². The lowest BCUT2D eigenvalue weighted by Crippen LogP contribution is -1.89. The van der Waals surface area contributed by atoms with Crippen LogP contribution in [0.25, 0.3) is 0 Å². The second-order valence-corrected chi connectivity index (χ2v) is 2.80. The van der Waals surface area contributed by atoms with E-state index in [0.29, 0.717) is 11.1 Å². The highest BCUT2D eigenvalue weighted by atomic mass is 19.1. The van der Waals surface area contributed by atoms with E-state index in [1.807, 2.05) is 6.92 Å². The molecule has 0 amide bonds. The zero-order chi connectivity index (χ0) is 8.59. The van der Waals surface area contributed by atoms with Crippen molar-refractivity contribution in [2.24, 2.45) is 0 Å². The van der Waals surface area contributed by atoms with Crippen molar-refractivity contribution in [1.82, 2.24) is 0 Å². The van der Waals surface area contributed by atoms with Crippen LogP contribution in [0, 0.1) is 26.6 Å². The summed E-state index contributed by atoms with van der Waals surface area (Å²) in [5.74, 6) is -0.726. The van der Waals surface area contributed by atoms with E-state index < -0.39 is 5.82 Å². The maximum Gasteiger partial charge on any atom is 0.167 e. The number of phenols is 1. The molecule has 1 rings (SSSR count). The van der Waals surface area contributed by atoms with Crippen LogP contribution in [0.5, 0.6) is 5.75 Å². The van der Waals surface area contributed by atoms with E-state index in [4.69, 9.17) is 0 Å². The molecule has 0 fully saturated rings. The summed E-state index contributed by atoms with van der Waals surface area (Å²) in [4.78, 5) is 0. The molecule has 0 saturated heterocycles. The van der Waals surface area contributed by atoms with Crippen LogP contribution in [0.2, 0.25) is 0 Å². The Bertz CT molecular complexity index is 266. The van der Waals surface area contributed by atoms with Gasteiger partial charge in [0.05, 0.1) is 0 Å².